The topological polar surface area (TPSA) is 73.3 Å². The number of anilines is 1. The van der Waals surface area contributed by atoms with Crippen molar-refractivity contribution in [3.05, 3.63) is 53.7 Å². The Bertz CT molecular complexity index is 896. The normalized spacial score (nSPS) is 12.6. The second-order valence-electron chi connectivity index (χ2n) is 5.48. The third-order valence-corrected chi connectivity index (χ3v) is 4.46. The van der Waals surface area contributed by atoms with Gasteiger partial charge in [-0.1, -0.05) is 6.07 Å². The predicted octanol–water partition coefficient (Wildman–Crippen LogP) is 3.16. The molecule has 0 radical (unpaired) electrons. The average molecular weight is 353 g/mol. The van der Waals surface area contributed by atoms with E-state index in [2.05, 4.69) is 15.3 Å². The number of carbonyl (C=O) groups is 1. The quantitative estimate of drug-likeness (QED) is 0.780. The van der Waals surface area contributed by atoms with Gasteiger partial charge in [-0.3, -0.25) is 9.78 Å². The summed E-state index contributed by atoms with van der Waals surface area (Å²) in [6.07, 6.45) is 3.68. The first-order valence-corrected chi connectivity index (χ1v) is 8.70. The third kappa shape index (κ3) is 3.61. The summed E-state index contributed by atoms with van der Waals surface area (Å²) in [7, 11) is 0. The van der Waals surface area contributed by atoms with Crippen LogP contribution in [-0.2, 0) is 11.2 Å². The first-order chi connectivity index (χ1) is 12.3. The smallest absolute Gasteiger partial charge is 0.230 e. The SMILES string of the molecule is O=C(Cc1ccc2c(c1)OCCO2)Nc1nc(-c2ccncc2)cs1. The molecule has 1 aliphatic heterocycles. The number of pyridine rings is 1. The van der Waals surface area contributed by atoms with Crippen molar-refractivity contribution in [1.82, 2.24) is 9.97 Å². The van der Waals surface area contributed by atoms with E-state index in [-0.39, 0.29) is 12.3 Å². The van der Waals surface area contributed by atoms with Gasteiger partial charge in [-0.15, -0.1) is 11.3 Å². The summed E-state index contributed by atoms with van der Waals surface area (Å²) in [5, 5.41) is 5.33. The zero-order valence-corrected chi connectivity index (χ0v) is 14.1. The summed E-state index contributed by atoms with van der Waals surface area (Å²) < 4.78 is 11.0. The fraction of sp³-hybridized carbons (Fsp3) is 0.167. The van der Waals surface area contributed by atoms with Crippen LogP contribution < -0.4 is 14.8 Å². The Morgan fingerprint density at radius 3 is 2.76 bits per heavy atom. The average Bonchev–Trinajstić information content (AvgIpc) is 3.10. The molecule has 0 bridgehead atoms. The van der Waals surface area contributed by atoms with Gasteiger partial charge in [-0.25, -0.2) is 4.98 Å². The molecule has 2 aromatic heterocycles. The maximum atomic E-state index is 12.3. The van der Waals surface area contributed by atoms with Crippen LogP contribution in [0.15, 0.2) is 48.1 Å². The van der Waals surface area contributed by atoms with Crippen LogP contribution in [0, 0.1) is 0 Å². The van der Waals surface area contributed by atoms with Gasteiger partial charge in [-0.05, 0) is 29.8 Å². The summed E-state index contributed by atoms with van der Waals surface area (Å²) >= 11 is 1.40. The number of amides is 1. The molecular weight excluding hydrogens is 338 g/mol. The number of hydrogen-bond acceptors (Lipinski definition) is 6. The van der Waals surface area contributed by atoms with Gasteiger partial charge in [0.1, 0.15) is 13.2 Å². The predicted molar refractivity (Wildman–Crippen MR) is 95.1 cm³/mol. The van der Waals surface area contributed by atoms with Crippen molar-refractivity contribution in [2.45, 2.75) is 6.42 Å². The van der Waals surface area contributed by atoms with E-state index in [1.807, 2.05) is 35.7 Å². The van der Waals surface area contributed by atoms with Crippen molar-refractivity contribution < 1.29 is 14.3 Å². The highest BCUT2D eigenvalue weighted by atomic mass is 32.1. The van der Waals surface area contributed by atoms with E-state index < -0.39 is 0 Å². The van der Waals surface area contributed by atoms with Crippen LogP contribution in [0.3, 0.4) is 0 Å². The standard InChI is InChI=1S/C18H15N3O3S/c22-17(10-12-1-2-15-16(9-12)24-8-7-23-15)21-18-20-14(11-25-18)13-3-5-19-6-4-13/h1-6,9,11H,7-8,10H2,(H,20,21,22). The molecule has 3 heterocycles. The zero-order chi connectivity index (χ0) is 17.1. The van der Waals surface area contributed by atoms with Gasteiger partial charge in [0.2, 0.25) is 5.91 Å². The van der Waals surface area contributed by atoms with Crippen LogP contribution in [0.4, 0.5) is 5.13 Å². The minimum absolute atomic E-state index is 0.118. The number of nitrogens with one attached hydrogen (secondary N) is 1. The summed E-state index contributed by atoms with van der Waals surface area (Å²) in [5.41, 5.74) is 2.66. The molecule has 4 rings (SSSR count). The van der Waals surface area contributed by atoms with Crippen molar-refractivity contribution in [3.8, 4) is 22.8 Å². The lowest BCUT2D eigenvalue weighted by molar-refractivity contribution is -0.115. The van der Waals surface area contributed by atoms with E-state index in [9.17, 15) is 4.79 Å². The van der Waals surface area contributed by atoms with E-state index >= 15 is 0 Å². The van der Waals surface area contributed by atoms with Gasteiger partial charge in [0.25, 0.3) is 0 Å². The molecule has 1 aromatic carbocycles. The molecule has 126 valence electrons. The number of benzene rings is 1. The van der Waals surface area contributed by atoms with Crippen molar-refractivity contribution >= 4 is 22.4 Å². The fourth-order valence-electron chi connectivity index (χ4n) is 2.53. The molecule has 25 heavy (non-hydrogen) atoms. The van der Waals surface area contributed by atoms with Crippen LogP contribution >= 0.6 is 11.3 Å². The second-order valence-corrected chi connectivity index (χ2v) is 6.33. The van der Waals surface area contributed by atoms with Crippen LogP contribution in [0.1, 0.15) is 5.56 Å². The molecule has 7 heteroatoms. The number of aromatic nitrogens is 2. The summed E-state index contributed by atoms with van der Waals surface area (Å²) in [6.45, 7) is 1.08. The minimum Gasteiger partial charge on any atom is -0.486 e. The third-order valence-electron chi connectivity index (χ3n) is 3.70. The van der Waals surface area contributed by atoms with E-state index in [1.54, 1.807) is 12.4 Å². The lowest BCUT2D eigenvalue weighted by Gasteiger charge is -2.18. The molecule has 0 aliphatic carbocycles. The van der Waals surface area contributed by atoms with Crippen molar-refractivity contribution in [2.24, 2.45) is 0 Å². The van der Waals surface area contributed by atoms with Gasteiger partial charge < -0.3 is 14.8 Å². The monoisotopic (exact) mass is 353 g/mol. The number of hydrogen-bond donors (Lipinski definition) is 1. The molecule has 0 unspecified atom stereocenters. The van der Waals surface area contributed by atoms with E-state index in [4.69, 9.17) is 9.47 Å². The van der Waals surface area contributed by atoms with Crippen LogP contribution in [0.2, 0.25) is 0 Å². The largest absolute Gasteiger partial charge is 0.486 e. The first-order valence-electron chi connectivity index (χ1n) is 7.82. The van der Waals surface area contributed by atoms with Crippen LogP contribution in [0.25, 0.3) is 11.3 Å². The van der Waals surface area contributed by atoms with Gasteiger partial charge in [0.05, 0.1) is 12.1 Å². The number of thiazole rings is 1. The number of ether oxygens (including phenoxy) is 2. The minimum atomic E-state index is -0.118. The number of carbonyl (C=O) groups excluding carboxylic acids is 1. The molecule has 0 fully saturated rings. The van der Waals surface area contributed by atoms with Crippen LogP contribution in [0.5, 0.6) is 11.5 Å². The van der Waals surface area contributed by atoms with E-state index in [1.165, 1.54) is 11.3 Å². The lowest BCUT2D eigenvalue weighted by Crippen LogP contribution is -2.17. The number of fused-ring (bicyclic) bond motifs is 1. The highest BCUT2D eigenvalue weighted by molar-refractivity contribution is 7.14. The molecule has 6 nitrogen and oxygen atoms in total. The molecule has 1 amide bonds. The summed E-state index contributed by atoms with van der Waals surface area (Å²) in [4.78, 5) is 20.7. The maximum absolute atomic E-state index is 12.3. The molecule has 0 atom stereocenters. The molecule has 1 aliphatic rings. The molecule has 3 aromatic rings. The number of rotatable bonds is 4. The number of nitrogens with zero attached hydrogens (tertiary/aromatic N) is 2. The highest BCUT2D eigenvalue weighted by Gasteiger charge is 2.14. The van der Waals surface area contributed by atoms with Crippen molar-refractivity contribution in [3.63, 3.8) is 0 Å². The Kier molecular flexibility index (Phi) is 4.30. The van der Waals surface area contributed by atoms with Gasteiger partial charge in [0, 0.05) is 23.3 Å². The van der Waals surface area contributed by atoms with Gasteiger partial charge in [-0.2, -0.15) is 0 Å². The molecule has 0 saturated carbocycles. The zero-order valence-electron chi connectivity index (χ0n) is 13.3. The molecule has 1 N–H and O–H groups in total. The highest BCUT2D eigenvalue weighted by Crippen LogP contribution is 2.31. The Morgan fingerprint density at radius 1 is 1.12 bits per heavy atom. The lowest BCUT2D eigenvalue weighted by atomic mass is 10.1. The Balaban J connectivity index is 1.42. The molecular formula is C18H15N3O3S. The second kappa shape index (κ2) is 6.90. The van der Waals surface area contributed by atoms with Gasteiger partial charge in [0.15, 0.2) is 16.6 Å². The molecule has 0 saturated heterocycles. The van der Waals surface area contributed by atoms with Crippen molar-refractivity contribution in [2.75, 3.05) is 18.5 Å². The Hall–Kier alpha value is -2.93. The van der Waals surface area contributed by atoms with Crippen LogP contribution in [-0.4, -0.2) is 29.1 Å². The Labute approximate surface area is 148 Å². The van der Waals surface area contributed by atoms with Crippen molar-refractivity contribution in [1.29, 1.82) is 0 Å². The first kappa shape index (κ1) is 15.6. The Morgan fingerprint density at radius 2 is 1.92 bits per heavy atom. The van der Waals surface area contributed by atoms with Gasteiger partial charge >= 0.3 is 0 Å². The summed E-state index contributed by atoms with van der Waals surface area (Å²) in [5.74, 6) is 1.29. The maximum Gasteiger partial charge on any atom is 0.230 e. The molecule has 0 spiro atoms. The summed E-state index contributed by atoms with van der Waals surface area (Å²) in [6, 6.07) is 9.32. The fourth-order valence-corrected chi connectivity index (χ4v) is 3.27. The van der Waals surface area contributed by atoms with E-state index in [0.29, 0.717) is 24.1 Å². The van der Waals surface area contributed by atoms with E-state index in [0.717, 1.165) is 22.6 Å².